The first-order valence-electron chi connectivity index (χ1n) is 6.89. The van der Waals surface area contributed by atoms with Gasteiger partial charge in [0, 0.05) is 0 Å². The van der Waals surface area contributed by atoms with Gasteiger partial charge < -0.3 is 4.43 Å². The highest BCUT2D eigenvalue weighted by Gasteiger charge is 2.40. The average molecular weight is 250 g/mol. The minimum atomic E-state index is -1.63. The molecular formula is C15H26OSi. The molecule has 1 unspecified atom stereocenters. The quantitative estimate of drug-likeness (QED) is 0.639. The summed E-state index contributed by atoms with van der Waals surface area (Å²) in [5.74, 6) is 0. The Hall–Kier alpha value is -0.343. The van der Waals surface area contributed by atoms with Crippen LogP contribution in [0.4, 0.5) is 0 Å². The van der Waals surface area contributed by atoms with Gasteiger partial charge in [-0.25, -0.2) is 0 Å². The third kappa shape index (κ3) is 2.58. The zero-order valence-electron chi connectivity index (χ0n) is 12.0. The van der Waals surface area contributed by atoms with E-state index in [9.17, 15) is 0 Å². The molecule has 0 N–H and O–H groups in total. The summed E-state index contributed by atoms with van der Waals surface area (Å²) in [4.78, 5) is 0. The summed E-state index contributed by atoms with van der Waals surface area (Å²) < 4.78 is 6.53. The predicted molar refractivity (Wildman–Crippen MR) is 76.7 cm³/mol. The number of hydrogen-bond acceptors (Lipinski definition) is 1. The lowest BCUT2D eigenvalue weighted by molar-refractivity contribution is 0.252. The summed E-state index contributed by atoms with van der Waals surface area (Å²) in [5, 5.41) is 0.304. The molecule has 0 radical (unpaired) electrons. The van der Waals surface area contributed by atoms with Gasteiger partial charge in [-0.15, -0.1) is 0 Å². The Morgan fingerprint density at radius 3 is 2.47 bits per heavy atom. The molecule has 0 saturated carbocycles. The fraction of sp³-hybridized carbons (Fsp3) is 0.733. The first-order valence-corrected chi connectivity index (χ1v) is 9.80. The van der Waals surface area contributed by atoms with Crippen molar-refractivity contribution >= 4 is 8.32 Å². The van der Waals surface area contributed by atoms with E-state index in [1.807, 2.05) is 0 Å². The summed E-state index contributed by atoms with van der Waals surface area (Å²) in [5.41, 5.74) is 3.15. The van der Waals surface area contributed by atoms with Crippen molar-refractivity contribution in [1.29, 1.82) is 0 Å². The van der Waals surface area contributed by atoms with Crippen molar-refractivity contribution in [3.05, 3.63) is 23.3 Å². The van der Waals surface area contributed by atoms with Crippen LogP contribution in [0.2, 0.25) is 18.1 Å². The molecule has 17 heavy (non-hydrogen) atoms. The van der Waals surface area contributed by atoms with Crippen LogP contribution in [-0.4, -0.2) is 14.4 Å². The largest absolute Gasteiger partial charge is 0.407 e. The Labute approximate surface area is 107 Å². The Bertz CT molecular complexity index is 358. The van der Waals surface area contributed by atoms with Gasteiger partial charge in [0.05, 0.1) is 6.10 Å². The molecule has 0 aliphatic heterocycles. The lowest BCUT2D eigenvalue weighted by Crippen LogP contribution is -2.43. The molecule has 1 nitrogen and oxygen atoms in total. The Morgan fingerprint density at radius 1 is 1.18 bits per heavy atom. The predicted octanol–water partition coefficient (Wildman–Crippen LogP) is 4.82. The molecule has 2 aliphatic carbocycles. The van der Waals surface area contributed by atoms with E-state index in [1.165, 1.54) is 25.7 Å². The highest BCUT2D eigenvalue weighted by Crippen LogP contribution is 2.41. The van der Waals surface area contributed by atoms with Crippen LogP contribution in [-0.2, 0) is 4.43 Å². The molecular weight excluding hydrogens is 224 g/mol. The van der Waals surface area contributed by atoms with Crippen LogP contribution in [0.1, 0.15) is 46.5 Å². The van der Waals surface area contributed by atoms with Crippen LogP contribution in [0.15, 0.2) is 23.3 Å². The molecule has 2 rings (SSSR count). The summed E-state index contributed by atoms with van der Waals surface area (Å²) in [7, 11) is -1.63. The molecule has 96 valence electrons. The van der Waals surface area contributed by atoms with Crippen molar-refractivity contribution in [2.24, 2.45) is 0 Å². The lowest BCUT2D eigenvalue weighted by atomic mass is 9.93. The molecule has 0 fully saturated rings. The SMILES string of the molecule is CC(C)(C)[Si](C)(C)OC1C=CC2=C1CCCC2. The molecule has 0 aromatic heterocycles. The van der Waals surface area contributed by atoms with E-state index >= 15 is 0 Å². The first-order chi connectivity index (χ1) is 7.81. The molecule has 0 spiro atoms. The topological polar surface area (TPSA) is 9.23 Å². The van der Waals surface area contributed by atoms with Gasteiger partial charge in [-0.2, -0.15) is 0 Å². The minimum Gasteiger partial charge on any atom is -0.407 e. The smallest absolute Gasteiger partial charge is 0.193 e. The van der Waals surface area contributed by atoms with E-state index in [1.54, 1.807) is 11.1 Å². The van der Waals surface area contributed by atoms with E-state index in [0.717, 1.165) is 0 Å². The normalized spacial score (nSPS) is 25.4. The maximum Gasteiger partial charge on any atom is 0.193 e. The first kappa shape index (κ1) is 13.1. The lowest BCUT2D eigenvalue weighted by Gasteiger charge is -2.39. The summed E-state index contributed by atoms with van der Waals surface area (Å²) >= 11 is 0. The molecule has 0 saturated heterocycles. The second kappa shape index (κ2) is 4.40. The van der Waals surface area contributed by atoms with Crippen molar-refractivity contribution < 1.29 is 4.43 Å². The molecule has 0 heterocycles. The third-order valence-corrected chi connectivity index (χ3v) is 9.05. The van der Waals surface area contributed by atoms with E-state index in [4.69, 9.17) is 4.43 Å². The molecule has 0 bridgehead atoms. The Balaban J connectivity index is 2.11. The highest BCUT2D eigenvalue weighted by molar-refractivity contribution is 6.74. The van der Waals surface area contributed by atoms with Crippen LogP contribution in [0, 0.1) is 0 Å². The molecule has 0 aromatic carbocycles. The molecule has 1 atom stereocenters. The minimum absolute atomic E-state index is 0.297. The van der Waals surface area contributed by atoms with Crippen molar-refractivity contribution in [3.63, 3.8) is 0 Å². The van der Waals surface area contributed by atoms with Crippen LogP contribution >= 0.6 is 0 Å². The van der Waals surface area contributed by atoms with E-state index in [0.29, 0.717) is 11.1 Å². The third-order valence-electron chi connectivity index (χ3n) is 4.60. The zero-order chi connectivity index (χ0) is 12.7. The van der Waals surface area contributed by atoms with Gasteiger partial charge in [-0.3, -0.25) is 0 Å². The second-order valence-electron chi connectivity index (χ2n) is 6.92. The molecule has 2 heteroatoms. The molecule has 0 aromatic rings. The second-order valence-corrected chi connectivity index (χ2v) is 11.7. The van der Waals surface area contributed by atoms with Gasteiger partial charge in [0.2, 0.25) is 0 Å². The van der Waals surface area contributed by atoms with Gasteiger partial charge in [0.25, 0.3) is 0 Å². The van der Waals surface area contributed by atoms with Gasteiger partial charge in [0.15, 0.2) is 8.32 Å². The standard InChI is InChI=1S/C15H26OSi/c1-15(2,3)17(4,5)16-14-11-10-12-8-6-7-9-13(12)14/h10-11,14H,6-9H2,1-5H3. The van der Waals surface area contributed by atoms with Gasteiger partial charge in [-0.1, -0.05) is 32.9 Å². The van der Waals surface area contributed by atoms with Gasteiger partial charge in [-0.05, 0) is 55.0 Å². The summed E-state index contributed by atoms with van der Waals surface area (Å²) in [6.07, 6.45) is 10.1. The maximum absolute atomic E-state index is 6.53. The van der Waals surface area contributed by atoms with Gasteiger partial charge in [0.1, 0.15) is 0 Å². The number of hydrogen-bond donors (Lipinski definition) is 0. The number of rotatable bonds is 2. The fourth-order valence-corrected chi connectivity index (χ4v) is 3.60. The van der Waals surface area contributed by atoms with Crippen molar-refractivity contribution in [3.8, 4) is 0 Å². The van der Waals surface area contributed by atoms with E-state index in [-0.39, 0.29) is 0 Å². The van der Waals surface area contributed by atoms with Crippen molar-refractivity contribution in [2.75, 3.05) is 0 Å². The summed E-state index contributed by atoms with van der Waals surface area (Å²) in [6.45, 7) is 11.6. The fourth-order valence-electron chi connectivity index (χ4n) is 2.39. The van der Waals surface area contributed by atoms with Crippen LogP contribution < -0.4 is 0 Å². The molecule has 0 amide bonds. The highest BCUT2D eigenvalue weighted by atomic mass is 28.4. The Kier molecular flexibility index (Phi) is 3.39. The maximum atomic E-state index is 6.53. The van der Waals surface area contributed by atoms with Crippen LogP contribution in [0.5, 0.6) is 0 Å². The average Bonchev–Trinajstić information content (AvgIpc) is 2.60. The zero-order valence-corrected chi connectivity index (χ0v) is 13.0. The monoisotopic (exact) mass is 250 g/mol. The van der Waals surface area contributed by atoms with E-state index < -0.39 is 8.32 Å². The van der Waals surface area contributed by atoms with Crippen molar-refractivity contribution in [2.45, 2.75) is 70.7 Å². The van der Waals surface area contributed by atoms with Crippen LogP contribution in [0.25, 0.3) is 0 Å². The number of allylic oxidation sites excluding steroid dienone is 2. The van der Waals surface area contributed by atoms with Crippen molar-refractivity contribution in [1.82, 2.24) is 0 Å². The van der Waals surface area contributed by atoms with E-state index in [2.05, 4.69) is 46.0 Å². The molecule has 2 aliphatic rings. The Morgan fingerprint density at radius 2 is 1.82 bits per heavy atom. The van der Waals surface area contributed by atoms with Crippen LogP contribution in [0.3, 0.4) is 0 Å². The summed E-state index contributed by atoms with van der Waals surface area (Å²) in [6, 6.07) is 0. The van der Waals surface area contributed by atoms with Gasteiger partial charge >= 0.3 is 0 Å².